The topological polar surface area (TPSA) is 144 Å². The maximum Gasteiger partial charge on any atom is 0.285 e. The SMILES string of the molecule is C[C@H]1CN(C(=O)[C@@H](CC(=O)C[C@H](C(=O)N2C[C@]3(C[C@H]2C(=O)CC(CC2CCC2)C(=O)C(N)=O)C(C)(C)C32CCC2)C(C)(C)C)C2CCCCC2)C[C@H](C)O1. The molecule has 0 bridgehead atoms. The summed E-state index contributed by atoms with van der Waals surface area (Å²) in [6.45, 7) is 16.0. The molecular formula is C44H69N3O7. The van der Waals surface area contributed by atoms with Gasteiger partial charge >= 0.3 is 0 Å². The molecule has 2 spiro atoms. The highest BCUT2D eigenvalue weighted by molar-refractivity contribution is 6.36. The summed E-state index contributed by atoms with van der Waals surface area (Å²) in [7, 11) is 0. The van der Waals surface area contributed by atoms with Crippen molar-refractivity contribution >= 4 is 35.1 Å². The number of carbonyl (C=O) groups is 6. The average Bonchev–Trinajstić information content (AvgIpc) is 3.27. The van der Waals surface area contributed by atoms with Crippen molar-refractivity contribution in [1.29, 1.82) is 0 Å². The smallest absolute Gasteiger partial charge is 0.285 e. The van der Waals surface area contributed by atoms with Gasteiger partial charge in [-0.1, -0.05) is 79.6 Å². The Labute approximate surface area is 323 Å². The molecule has 0 aromatic rings. The van der Waals surface area contributed by atoms with Crippen molar-refractivity contribution in [2.24, 2.45) is 57.0 Å². The fourth-order valence-corrected chi connectivity index (χ4v) is 12.2. The quantitative estimate of drug-likeness (QED) is 0.201. The molecule has 6 fully saturated rings. The molecule has 54 heavy (non-hydrogen) atoms. The van der Waals surface area contributed by atoms with Gasteiger partial charge in [-0.2, -0.15) is 0 Å². The second-order valence-corrected chi connectivity index (χ2v) is 20.3. The predicted octanol–water partition coefficient (Wildman–Crippen LogP) is 6.45. The Bertz CT molecular complexity index is 1470. The first kappa shape index (κ1) is 41.0. The zero-order valence-electron chi connectivity index (χ0n) is 34.4. The number of nitrogens with zero attached hydrogens (tertiary/aromatic N) is 2. The number of amides is 3. The van der Waals surface area contributed by atoms with Crippen LogP contribution in [-0.2, 0) is 33.5 Å². The number of hydrogen-bond donors (Lipinski definition) is 1. The molecule has 0 radical (unpaired) electrons. The lowest BCUT2D eigenvalue weighted by Crippen LogP contribution is -2.51. The Kier molecular flexibility index (Phi) is 11.7. The number of ketones is 3. The first-order chi connectivity index (χ1) is 25.3. The zero-order valence-corrected chi connectivity index (χ0v) is 34.4. The number of nitrogens with two attached hydrogens (primary N) is 1. The van der Waals surface area contributed by atoms with Crippen LogP contribution in [0.4, 0.5) is 0 Å². The Morgan fingerprint density at radius 2 is 1.43 bits per heavy atom. The number of likely N-dealkylation sites (tertiary alicyclic amines) is 1. The average molecular weight is 752 g/mol. The summed E-state index contributed by atoms with van der Waals surface area (Å²) in [5.74, 6) is -3.53. The third-order valence-electron chi connectivity index (χ3n) is 15.9. The number of carbonyl (C=O) groups excluding carboxylic acids is 6. The number of primary amides is 1. The van der Waals surface area contributed by atoms with Gasteiger partial charge in [0.15, 0.2) is 5.78 Å². The number of morpholine rings is 1. The first-order valence-electron chi connectivity index (χ1n) is 21.4. The summed E-state index contributed by atoms with van der Waals surface area (Å²) in [5.41, 5.74) is 4.73. The van der Waals surface area contributed by atoms with Crippen LogP contribution in [0.3, 0.4) is 0 Å². The van der Waals surface area contributed by atoms with Gasteiger partial charge in [-0.15, -0.1) is 0 Å². The van der Waals surface area contributed by atoms with E-state index in [1.54, 1.807) is 4.90 Å². The van der Waals surface area contributed by atoms with Crippen molar-refractivity contribution in [3.63, 3.8) is 0 Å². The van der Waals surface area contributed by atoms with Gasteiger partial charge in [-0.05, 0) is 80.5 Å². The van der Waals surface area contributed by atoms with Gasteiger partial charge in [0.05, 0.1) is 18.2 Å². The van der Waals surface area contributed by atoms with Crippen LogP contribution in [0.5, 0.6) is 0 Å². The highest BCUT2D eigenvalue weighted by Crippen LogP contribution is 2.88. The van der Waals surface area contributed by atoms with Crippen molar-refractivity contribution in [3.05, 3.63) is 0 Å². The van der Waals surface area contributed by atoms with Gasteiger partial charge in [0.2, 0.25) is 17.6 Å². The molecule has 7 atom stereocenters. The van der Waals surface area contributed by atoms with Crippen molar-refractivity contribution in [1.82, 2.24) is 9.80 Å². The fraction of sp³-hybridized carbons (Fsp3) is 0.864. The molecule has 10 heteroatoms. The lowest BCUT2D eigenvalue weighted by molar-refractivity contribution is -0.152. The van der Waals surface area contributed by atoms with E-state index in [1.165, 1.54) is 0 Å². The van der Waals surface area contributed by atoms with Crippen LogP contribution in [0.25, 0.3) is 0 Å². The summed E-state index contributed by atoms with van der Waals surface area (Å²) < 4.78 is 5.92. The van der Waals surface area contributed by atoms with Gasteiger partial charge < -0.3 is 20.3 Å². The van der Waals surface area contributed by atoms with E-state index in [1.807, 2.05) is 39.5 Å². The van der Waals surface area contributed by atoms with E-state index in [0.29, 0.717) is 38.4 Å². The Hall–Kier alpha value is -2.62. The molecule has 1 unspecified atom stereocenters. The van der Waals surface area contributed by atoms with Crippen LogP contribution in [0.1, 0.15) is 151 Å². The minimum atomic E-state index is -1.01. The van der Waals surface area contributed by atoms with E-state index in [9.17, 15) is 24.0 Å². The summed E-state index contributed by atoms with van der Waals surface area (Å²) in [6.07, 6.45) is 12.3. The second kappa shape index (κ2) is 15.4. The van der Waals surface area contributed by atoms with Crippen LogP contribution in [0, 0.1) is 51.2 Å². The van der Waals surface area contributed by atoms with Crippen molar-refractivity contribution in [2.45, 2.75) is 169 Å². The van der Waals surface area contributed by atoms with E-state index < -0.39 is 40.9 Å². The molecule has 0 aromatic carbocycles. The Morgan fingerprint density at radius 3 is 1.93 bits per heavy atom. The van der Waals surface area contributed by atoms with Crippen LogP contribution >= 0.6 is 0 Å². The standard InChI is InChI=1S/C44H69N3O7/c1-27-24-46(25-28(2)54-27)39(52)33(30-15-9-8-10-16-30)21-32(48)22-34(41(3,4)5)40(53)47-26-44(42(6,7)43(44)17-12-18-43)23-35(47)36(49)20-31(37(50)38(45)51)19-29-13-11-14-29/h27-31,33-35H,8-26H2,1-7H3,(H2,45,51)/t27-,28-,31?,33-,34+,35-,44+/m0/s1. The molecule has 6 aliphatic rings. The number of hydrogen-bond acceptors (Lipinski definition) is 7. The highest BCUT2D eigenvalue weighted by Gasteiger charge is 2.85. The minimum Gasteiger partial charge on any atom is -0.372 e. The highest BCUT2D eigenvalue weighted by atomic mass is 16.5. The molecule has 2 heterocycles. The summed E-state index contributed by atoms with van der Waals surface area (Å²) in [4.78, 5) is 87.0. The Balaban J connectivity index is 1.24. The van der Waals surface area contributed by atoms with E-state index >= 15 is 4.79 Å². The molecule has 4 aliphatic carbocycles. The Morgan fingerprint density at radius 1 is 0.796 bits per heavy atom. The van der Waals surface area contributed by atoms with Crippen LogP contribution in [0.2, 0.25) is 0 Å². The molecule has 2 N–H and O–H groups in total. The van der Waals surface area contributed by atoms with Gasteiger partial charge in [0, 0.05) is 62.1 Å². The minimum absolute atomic E-state index is 0.0121. The number of fused-ring (bicyclic) bond motifs is 1. The lowest BCUT2D eigenvalue weighted by atomic mass is 9.73. The fourth-order valence-electron chi connectivity index (χ4n) is 12.2. The maximum absolute atomic E-state index is 15.1. The molecule has 302 valence electrons. The maximum atomic E-state index is 15.1. The van der Waals surface area contributed by atoms with Crippen molar-refractivity contribution in [2.75, 3.05) is 19.6 Å². The predicted molar refractivity (Wildman–Crippen MR) is 206 cm³/mol. The molecular weight excluding hydrogens is 682 g/mol. The molecule has 0 aromatic heterocycles. The van der Waals surface area contributed by atoms with Gasteiger partial charge in [0.1, 0.15) is 5.78 Å². The summed E-state index contributed by atoms with van der Waals surface area (Å²) in [6, 6.07) is -0.719. The van der Waals surface area contributed by atoms with E-state index in [4.69, 9.17) is 10.5 Å². The first-order valence-corrected chi connectivity index (χ1v) is 21.4. The molecule has 6 rings (SSSR count). The second-order valence-electron chi connectivity index (χ2n) is 20.3. The molecule has 4 saturated carbocycles. The molecule has 10 nitrogen and oxygen atoms in total. The summed E-state index contributed by atoms with van der Waals surface area (Å²) in [5, 5.41) is 0. The lowest BCUT2D eigenvalue weighted by Gasteiger charge is -2.39. The normalized spacial score (nSPS) is 31.0. The molecule has 3 amide bonds. The van der Waals surface area contributed by atoms with Crippen molar-refractivity contribution in [3.8, 4) is 0 Å². The number of rotatable bonds is 14. The number of ether oxygens (including phenoxy) is 1. The van der Waals surface area contributed by atoms with E-state index in [0.717, 1.165) is 70.6 Å². The summed E-state index contributed by atoms with van der Waals surface area (Å²) >= 11 is 0. The third kappa shape index (κ3) is 7.47. The van der Waals surface area contributed by atoms with Crippen molar-refractivity contribution < 1.29 is 33.5 Å². The van der Waals surface area contributed by atoms with E-state index in [-0.39, 0.29) is 77.0 Å². The van der Waals surface area contributed by atoms with Crippen LogP contribution < -0.4 is 5.73 Å². The molecule has 2 aliphatic heterocycles. The van der Waals surface area contributed by atoms with Gasteiger partial charge in [0.25, 0.3) is 5.91 Å². The van der Waals surface area contributed by atoms with Crippen LogP contribution in [0.15, 0.2) is 0 Å². The largest absolute Gasteiger partial charge is 0.372 e. The van der Waals surface area contributed by atoms with Gasteiger partial charge in [-0.25, -0.2) is 0 Å². The van der Waals surface area contributed by atoms with Gasteiger partial charge in [-0.3, -0.25) is 28.8 Å². The third-order valence-corrected chi connectivity index (χ3v) is 15.9. The van der Waals surface area contributed by atoms with Crippen LogP contribution in [-0.4, -0.2) is 82.8 Å². The monoisotopic (exact) mass is 752 g/mol. The molecule has 2 saturated heterocycles. The number of Topliss-reactive ketones (excluding diaryl/α,β-unsaturated/α-hetero) is 3. The zero-order chi connectivity index (χ0) is 39.4. The van der Waals surface area contributed by atoms with E-state index in [2.05, 4.69) is 13.8 Å².